The Hall–Kier alpha value is -2.17. The van der Waals surface area contributed by atoms with Gasteiger partial charge in [-0.25, -0.2) is 4.98 Å². The van der Waals surface area contributed by atoms with Crippen LogP contribution in [0.5, 0.6) is 0 Å². The molecule has 1 aliphatic carbocycles. The van der Waals surface area contributed by atoms with E-state index in [4.69, 9.17) is 4.98 Å². The minimum atomic E-state index is -0.0789. The first kappa shape index (κ1) is 17.0. The van der Waals surface area contributed by atoms with E-state index in [-0.39, 0.29) is 12.1 Å². The second-order valence-corrected chi connectivity index (χ2v) is 8.31. The molecule has 3 aromatic rings. The molecule has 0 radical (unpaired) electrons. The average Bonchev–Trinajstić information content (AvgIpc) is 3.32. The molecule has 0 bridgehead atoms. The molecule has 2 aromatic carbocycles. The molecule has 2 unspecified atom stereocenters. The molecule has 0 amide bonds. The van der Waals surface area contributed by atoms with Crippen LogP contribution in [0.4, 0.5) is 0 Å². The van der Waals surface area contributed by atoms with Gasteiger partial charge in [-0.2, -0.15) is 0 Å². The minimum Gasteiger partial charge on any atom is -0.393 e. The summed E-state index contributed by atoms with van der Waals surface area (Å²) < 4.78 is 2.41. The first-order chi connectivity index (χ1) is 13.2. The van der Waals surface area contributed by atoms with Gasteiger partial charge in [0.1, 0.15) is 5.82 Å². The first-order valence-electron chi connectivity index (χ1n) is 10.1. The molecular weight excluding hydrogens is 334 g/mol. The molecule has 4 nitrogen and oxygen atoms in total. The van der Waals surface area contributed by atoms with Crippen molar-refractivity contribution >= 4 is 11.0 Å². The zero-order chi connectivity index (χ0) is 18.4. The van der Waals surface area contributed by atoms with Crippen molar-refractivity contribution in [3.05, 3.63) is 66.0 Å². The molecular formula is C23H27N3O. The van der Waals surface area contributed by atoms with Gasteiger partial charge < -0.3 is 9.67 Å². The number of hydrogen-bond donors (Lipinski definition) is 1. The smallest absolute Gasteiger partial charge is 0.124 e. The average molecular weight is 361 g/mol. The Kier molecular flexibility index (Phi) is 4.25. The number of rotatable bonds is 4. The Bertz CT molecular complexity index is 921. The van der Waals surface area contributed by atoms with Crippen LogP contribution in [0.2, 0.25) is 0 Å². The number of aliphatic hydroxyl groups excluding tert-OH is 1. The highest BCUT2D eigenvalue weighted by Gasteiger charge is 2.40. The van der Waals surface area contributed by atoms with Crippen molar-refractivity contribution in [2.24, 2.45) is 11.8 Å². The lowest BCUT2D eigenvalue weighted by atomic mass is 10.0. The summed E-state index contributed by atoms with van der Waals surface area (Å²) in [7, 11) is 0. The van der Waals surface area contributed by atoms with E-state index in [1.165, 1.54) is 11.1 Å². The van der Waals surface area contributed by atoms with E-state index in [2.05, 4.69) is 71.0 Å². The van der Waals surface area contributed by atoms with E-state index < -0.39 is 0 Å². The van der Waals surface area contributed by atoms with Crippen LogP contribution >= 0.6 is 0 Å². The zero-order valence-electron chi connectivity index (χ0n) is 15.8. The van der Waals surface area contributed by atoms with Gasteiger partial charge in [0.25, 0.3) is 0 Å². The van der Waals surface area contributed by atoms with E-state index in [1.54, 1.807) is 0 Å². The fraction of sp³-hybridized carbons (Fsp3) is 0.435. The molecule has 0 spiro atoms. The molecule has 5 rings (SSSR count). The number of imidazole rings is 1. The largest absolute Gasteiger partial charge is 0.393 e. The first-order valence-corrected chi connectivity index (χ1v) is 10.1. The van der Waals surface area contributed by atoms with Crippen molar-refractivity contribution in [3.8, 4) is 0 Å². The summed E-state index contributed by atoms with van der Waals surface area (Å²) in [4.78, 5) is 7.54. The number of benzene rings is 2. The third-order valence-electron chi connectivity index (χ3n) is 6.50. The summed E-state index contributed by atoms with van der Waals surface area (Å²) >= 11 is 0. The molecule has 1 N–H and O–H groups in total. The lowest BCUT2D eigenvalue weighted by Crippen LogP contribution is -2.25. The van der Waals surface area contributed by atoms with Crippen molar-refractivity contribution in [2.75, 3.05) is 13.1 Å². The lowest BCUT2D eigenvalue weighted by molar-refractivity contribution is 0.160. The van der Waals surface area contributed by atoms with Crippen LogP contribution in [0.25, 0.3) is 11.0 Å². The highest BCUT2D eigenvalue weighted by atomic mass is 16.3. The van der Waals surface area contributed by atoms with Crippen LogP contribution in [0.3, 0.4) is 0 Å². The van der Waals surface area contributed by atoms with Gasteiger partial charge in [-0.05, 0) is 49.3 Å². The lowest BCUT2D eigenvalue weighted by Gasteiger charge is -2.22. The Morgan fingerprint density at radius 3 is 2.41 bits per heavy atom. The summed E-state index contributed by atoms with van der Waals surface area (Å²) in [5.74, 6) is 2.46. The van der Waals surface area contributed by atoms with Crippen molar-refractivity contribution in [2.45, 2.75) is 38.5 Å². The summed E-state index contributed by atoms with van der Waals surface area (Å²) in [6.45, 7) is 5.33. The standard InChI is InChI=1S/C23H27N3O/c1-16(17-7-3-2-4-8-17)26-22-10-6-5-9-21(22)24-23(26)15-25-13-18-11-20(27)12-19(18)14-25/h2-10,16,18-20,27H,11-15H2,1H3/t16?,18-,19+,20?. The maximum atomic E-state index is 9.91. The highest BCUT2D eigenvalue weighted by Crippen LogP contribution is 2.38. The molecule has 1 saturated heterocycles. The van der Waals surface area contributed by atoms with Gasteiger partial charge in [-0.1, -0.05) is 42.5 Å². The van der Waals surface area contributed by atoms with Gasteiger partial charge in [0, 0.05) is 13.1 Å². The molecule has 2 aliphatic rings. The van der Waals surface area contributed by atoms with Gasteiger partial charge in [-0.3, -0.25) is 4.90 Å². The maximum absolute atomic E-state index is 9.91. The van der Waals surface area contributed by atoms with Gasteiger partial charge in [0.2, 0.25) is 0 Å². The van der Waals surface area contributed by atoms with Crippen LogP contribution in [0.1, 0.15) is 37.2 Å². The number of nitrogens with zero attached hydrogens (tertiary/aromatic N) is 3. The molecule has 140 valence electrons. The predicted octanol–water partition coefficient (Wildman–Crippen LogP) is 3.85. The second-order valence-electron chi connectivity index (χ2n) is 8.31. The number of fused-ring (bicyclic) bond motifs is 2. The van der Waals surface area contributed by atoms with Gasteiger partial charge in [-0.15, -0.1) is 0 Å². The topological polar surface area (TPSA) is 41.3 Å². The Morgan fingerprint density at radius 2 is 1.67 bits per heavy atom. The summed E-state index contributed by atoms with van der Waals surface area (Å²) in [6.07, 6.45) is 1.86. The Balaban J connectivity index is 1.47. The van der Waals surface area contributed by atoms with Crippen LogP contribution in [0, 0.1) is 11.8 Å². The molecule has 1 aliphatic heterocycles. The SMILES string of the molecule is CC(c1ccccc1)n1c(CN2C[C@H]3CC(O)C[C@H]3C2)nc2ccccc21. The van der Waals surface area contributed by atoms with Gasteiger partial charge in [0.15, 0.2) is 0 Å². The summed E-state index contributed by atoms with van der Waals surface area (Å²) in [5, 5.41) is 9.91. The van der Waals surface area contributed by atoms with E-state index in [0.29, 0.717) is 11.8 Å². The maximum Gasteiger partial charge on any atom is 0.124 e. The predicted molar refractivity (Wildman–Crippen MR) is 107 cm³/mol. The number of aromatic nitrogens is 2. The van der Waals surface area contributed by atoms with Crippen molar-refractivity contribution in [1.29, 1.82) is 0 Å². The van der Waals surface area contributed by atoms with E-state index >= 15 is 0 Å². The van der Waals surface area contributed by atoms with Gasteiger partial charge in [0.05, 0.1) is 29.7 Å². The molecule has 1 aromatic heterocycles. The molecule has 27 heavy (non-hydrogen) atoms. The van der Waals surface area contributed by atoms with E-state index in [0.717, 1.165) is 43.8 Å². The summed E-state index contributed by atoms with van der Waals surface area (Å²) in [6, 6.07) is 19.4. The van der Waals surface area contributed by atoms with E-state index in [1.807, 2.05) is 0 Å². The van der Waals surface area contributed by atoms with E-state index in [9.17, 15) is 5.11 Å². The van der Waals surface area contributed by atoms with Crippen molar-refractivity contribution in [3.63, 3.8) is 0 Å². The number of hydrogen-bond acceptors (Lipinski definition) is 3. The third kappa shape index (κ3) is 3.07. The monoisotopic (exact) mass is 361 g/mol. The Labute approximate surface area is 160 Å². The van der Waals surface area contributed by atoms with Crippen LogP contribution in [-0.2, 0) is 6.54 Å². The highest BCUT2D eigenvalue weighted by molar-refractivity contribution is 5.76. The normalized spacial score (nSPS) is 26.5. The van der Waals surface area contributed by atoms with Crippen molar-refractivity contribution < 1.29 is 5.11 Å². The molecule has 4 heteroatoms. The Morgan fingerprint density at radius 1 is 1.00 bits per heavy atom. The number of aliphatic hydroxyl groups is 1. The molecule has 2 heterocycles. The second kappa shape index (κ2) is 6.77. The van der Waals surface area contributed by atoms with Crippen LogP contribution in [-0.4, -0.2) is 38.8 Å². The zero-order valence-corrected chi connectivity index (χ0v) is 15.8. The quantitative estimate of drug-likeness (QED) is 0.767. The van der Waals surface area contributed by atoms with Gasteiger partial charge >= 0.3 is 0 Å². The van der Waals surface area contributed by atoms with Crippen molar-refractivity contribution in [1.82, 2.24) is 14.5 Å². The fourth-order valence-electron chi connectivity index (χ4n) is 5.21. The number of para-hydroxylation sites is 2. The van der Waals surface area contributed by atoms with Crippen LogP contribution < -0.4 is 0 Å². The fourth-order valence-corrected chi connectivity index (χ4v) is 5.21. The minimum absolute atomic E-state index is 0.0789. The summed E-state index contributed by atoms with van der Waals surface area (Å²) in [5.41, 5.74) is 3.59. The molecule has 4 atom stereocenters. The molecule has 2 fully saturated rings. The number of likely N-dealkylation sites (tertiary alicyclic amines) is 1. The third-order valence-corrected chi connectivity index (χ3v) is 6.50. The van der Waals surface area contributed by atoms with Crippen LogP contribution in [0.15, 0.2) is 54.6 Å². The molecule has 1 saturated carbocycles.